The Labute approximate surface area is 99.9 Å². The van der Waals surface area contributed by atoms with E-state index in [0.717, 1.165) is 12.8 Å². The molecule has 0 radical (unpaired) electrons. The van der Waals surface area contributed by atoms with E-state index in [-0.39, 0.29) is 6.67 Å². The normalized spacial score (nSPS) is 14.3. The highest BCUT2D eigenvalue weighted by atomic mass is 19.1. The van der Waals surface area contributed by atoms with E-state index in [1.807, 2.05) is 12.2 Å². The third-order valence-corrected chi connectivity index (χ3v) is 2.78. The molecule has 0 bridgehead atoms. The van der Waals surface area contributed by atoms with Crippen LogP contribution in [0.5, 0.6) is 0 Å². The van der Waals surface area contributed by atoms with Gasteiger partial charge >= 0.3 is 0 Å². The van der Waals surface area contributed by atoms with Crippen molar-refractivity contribution in [3.05, 3.63) is 36.5 Å². The Kier molecular flexibility index (Phi) is 10.1. The van der Waals surface area contributed by atoms with Gasteiger partial charge in [-0.15, -0.1) is 0 Å². The zero-order valence-electron chi connectivity index (χ0n) is 10.7. The van der Waals surface area contributed by atoms with Crippen LogP contribution in [0.3, 0.4) is 0 Å². The van der Waals surface area contributed by atoms with Crippen molar-refractivity contribution in [1.29, 1.82) is 0 Å². The number of halogens is 1. The maximum atomic E-state index is 11.9. The smallest absolute Gasteiger partial charge is 0.0928 e. The minimum atomic E-state index is -0.242. The first-order valence-electron chi connectivity index (χ1n) is 6.26. The Morgan fingerprint density at radius 3 is 2.69 bits per heavy atom. The van der Waals surface area contributed by atoms with E-state index < -0.39 is 0 Å². The van der Waals surface area contributed by atoms with Crippen LogP contribution >= 0.6 is 0 Å². The number of alkyl halides is 1. The van der Waals surface area contributed by atoms with Crippen molar-refractivity contribution in [3.8, 4) is 0 Å². The highest BCUT2D eigenvalue weighted by molar-refractivity contribution is 5.12. The predicted molar refractivity (Wildman–Crippen MR) is 71.3 cm³/mol. The zero-order valence-corrected chi connectivity index (χ0v) is 10.7. The number of unbranched alkanes of at least 4 members (excludes halogenated alkanes) is 1. The zero-order chi connectivity index (χ0) is 12.2. The molecule has 0 nitrogen and oxygen atoms in total. The van der Waals surface area contributed by atoms with Crippen LogP contribution in [0, 0.1) is 5.92 Å². The van der Waals surface area contributed by atoms with Crippen LogP contribution in [0.2, 0.25) is 0 Å². The molecule has 0 fully saturated rings. The standard InChI is InChI=1S/C15H25F/c1-4-14(3)10-6-7-11-15(5-2)12-8-9-13-16/h4,8,10,12,15H,1,5-7,9,11,13H2,2-3H3/b12-8-,14-10-/t15-/m1/s1. The summed E-state index contributed by atoms with van der Waals surface area (Å²) in [5.74, 6) is 0.615. The van der Waals surface area contributed by atoms with Crippen LogP contribution in [0.4, 0.5) is 4.39 Å². The second-order valence-corrected chi connectivity index (χ2v) is 4.16. The lowest BCUT2D eigenvalue weighted by molar-refractivity contribution is 0.497. The largest absolute Gasteiger partial charge is 0.251 e. The fraction of sp³-hybridized carbons (Fsp3) is 0.600. The van der Waals surface area contributed by atoms with Gasteiger partial charge in [-0.2, -0.15) is 0 Å². The van der Waals surface area contributed by atoms with Gasteiger partial charge in [-0.25, -0.2) is 0 Å². The molecule has 0 heterocycles. The molecule has 0 aromatic heterocycles. The summed E-state index contributed by atoms with van der Waals surface area (Å²) >= 11 is 0. The van der Waals surface area contributed by atoms with Gasteiger partial charge in [-0.1, -0.05) is 43.4 Å². The van der Waals surface area contributed by atoms with Gasteiger partial charge in [0.15, 0.2) is 0 Å². The molecule has 92 valence electrons. The monoisotopic (exact) mass is 224 g/mol. The van der Waals surface area contributed by atoms with Gasteiger partial charge in [-0.05, 0) is 44.9 Å². The molecular weight excluding hydrogens is 199 g/mol. The van der Waals surface area contributed by atoms with Crippen molar-refractivity contribution >= 4 is 0 Å². The molecule has 0 aliphatic rings. The third-order valence-electron chi connectivity index (χ3n) is 2.78. The van der Waals surface area contributed by atoms with Gasteiger partial charge in [0.05, 0.1) is 6.67 Å². The van der Waals surface area contributed by atoms with Gasteiger partial charge in [0.25, 0.3) is 0 Å². The van der Waals surface area contributed by atoms with Crippen molar-refractivity contribution in [3.63, 3.8) is 0 Å². The van der Waals surface area contributed by atoms with Crippen LogP contribution in [0.15, 0.2) is 36.5 Å². The number of rotatable bonds is 9. The first-order valence-corrected chi connectivity index (χ1v) is 6.26. The highest BCUT2D eigenvalue weighted by Gasteiger charge is 2.00. The lowest BCUT2D eigenvalue weighted by atomic mass is 9.98. The molecule has 0 aliphatic carbocycles. The molecular formula is C15H25F. The van der Waals surface area contributed by atoms with E-state index in [1.54, 1.807) is 0 Å². The maximum absolute atomic E-state index is 11.9. The van der Waals surface area contributed by atoms with Crippen LogP contribution in [-0.2, 0) is 0 Å². The van der Waals surface area contributed by atoms with Gasteiger partial charge < -0.3 is 0 Å². The Morgan fingerprint density at radius 1 is 1.38 bits per heavy atom. The average molecular weight is 224 g/mol. The fourth-order valence-electron chi connectivity index (χ4n) is 1.58. The second kappa shape index (κ2) is 10.7. The molecule has 0 saturated heterocycles. The van der Waals surface area contributed by atoms with Crippen molar-refractivity contribution in [2.45, 2.75) is 46.0 Å². The molecule has 0 rings (SSSR count). The maximum Gasteiger partial charge on any atom is 0.0928 e. The topological polar surface area (TPSA) is 0 Å². The van der Waals surface area contributed by atoms with Crippen LogP contribution in [-0.4, -0.2) is 6.67 Å². The summed E-state index contributed by atoms with van der Waals surface area (Å²) in [4.78, 5) is 0. The molecule has 16 heavy (non-hydrogen) atoms. The summed E-state index contributed by atoms with van der Waals surface area (Å²) in [6.07, 6.45) is 13.5. The molecule has 0 N–H and O–H groups in total. The lowest BCUT2D eigenvalue weighted by Crippen LogP contribution is -1.94. The van der Waals surface area contributed by atoms with Crippen LogP contribution in [0.25, 0.3) is 0 Å². The quantitative estimate of drug-likeness (QED) is 0.286. The third kappa shape index (κ3) is 8.46. The molecule has 0 aromatic rings. The second-order valence-electron chi connectivity index (χ2n) is 4.16. The molecule has 0 aliphatic heterocycles. The summed E-state index contributed by atoms with van der Waals surface area (Å²) in [5, 5.41) is 0. The van der Waals surface area contributed by atoms with Crippen molar-refractivity contribution in [2.24, 2.45) is 5.92 Å². The van der Waals surface area contributed by atoms with E-state index in [2.05, 4.69) is 32.6 Å². The van der Waals surface area contributed by atoms with E-state index in [9.17, 15) is 4.39 Å². The van der Waals surface area contributed by atoms with E-state index in [4.69, 9.17) is 0 Å². The Hall–Kier alpha value is -0.850. The molecule has 0 amide bonds. The first-order chi connectivity index (χ1) is 7.74. The number of hydrogen-bond donors (Lipinski definition) is 0. The van der Waals surface area contributed by atoms with E-state index in [1.165, 1.54) is 18.4 Å². The Morgan fingerprint density at radius 2 is 2.12 bits per heavy atom. The molecule has 0 spiro atoms. The summed E-state index contributed by atoms with van der Waals surface area (Å²) in [6, 6.07) is 0. The van der Waals surface area contributed by atoms with Crippen molar-refractivity contribution in [1.82, 2.24) is 0 Å². The van der Waals surface area contributed by atoms with Gasteiger partial charge in [-0.3, -0.25) is 4.39 Å². The summed E-state index contributed by atoms with van der Waals surface area (Å²) in [7, 11) is 0. The minimum absolute atomic E-state index is 0.242. The average Bonchev–Trinajstić information content (AvgIpc) is 2.31. The highest BCUT2D eigenvalue weighted by Crippen LogP contribution is 2.15. The van der Waals surface area contributed by atoms with Gasteiger partial charge in [0.1, 0.15) is 0 Å². The van der Waals surface area contributed by atoms with E-state index >= 15 is 0 Å². The fourth-order valence-corrected chi connectivity index (χ4v) is 1.58. The van der Waals surface area contributed by atoms with Crippen molar-refractivity contribution in [2.75, 3.05) is 6.67 Å². The van der Waals surface area contributed by atoms with Crippen molar-refractivity contribution < 1.29 is 4.39 Å². The summed E-state index contributed by atoms with van der Waals surface area (Å²) in [5.41, 5.74) is 1.25. The Balaban J connectivity index is 3.74. The lowest BCUT2D eigenvalue weighted by Gasteiger charge is -2.08. The molecule has 0 saturated carbocycles. The predicted octanol–water partition coefficient (Wildman–Crippen LogP) is 5.23. The summed E-state index contributed by atoms with van der Waals surface area (Å²) in [6.45, 7) is 7.75. The Bertz CT molecular complexity index is 226. The van der Waals surface area contributed by atoms with E-state index in [0.29, 0.717) is 12.3 Å². The summed E-state index contributed by atoms with van der Waals surface area (Å²) < 4.78 is 11.9. The van der Waals surface area contributed by atoms with Crippen LogP contribution < -0.4 is 0 Å². The first kappa shape index (κ1) is 15.2. The van der Waals surface area contributed by atoms with Crippen LogP contribution in [0.1, 0.15) is 46.0 Å². The molecule has 0 unspecified atom stereocenters. The van der Waals surface area contributed by atoms with Gasteiger partial charge in [0.2, 0.25) is 0 Å². The number of allylic oxidation sites excluding steroid dienone is 5. The SMILES string of the molecule is C=C/C(C)=C\CCC[C@H](/C=C\CCF)CC. The minimum Gasteiger partial charge on any atom is -0.251 e. The van der Waals surface area contributed by atoms with Gasteiger partial charge in [0, 0.05) is 0 Å². The molecule has 1 heteroatoms. The molecule has 1 atom stereocenters. The number of hydrogen-bond acceptors (Lipinski definition) is 0. The molecule has 0 aromatic carbocycles.